The van der Waals surface area contributed by atoms with Crippen LogP contribution in [0.15, 0.2) is 36.4 Å². The molecule has 2 aromatic carbocycles. The van der Waals surface area contributed by atoms with E-state index < -0.39 is 0 Å². The van der Waals surface area contributed by atoms with Crippen molar-refractivity contribution in [3.63, 3.8) is 0 Å². The van der Waals surface area contributed by atoms with E-state index in [1.807, 2.05) is 30.3 Å². The minimum atomic E-state index is 0.382. The summed E-state index contributed by atoms with van der Waals surface area (Å²) in [5.74, 6) is 7.21. The van der Waals surface area contributed by atoms with Gasteiger partial charge in [0.25, 0.3) is 0 Å². The molecule has 0 atom stereocenters. The first-order valence-corrected chi connectivity index (χ1v) is 6.60. The van der Waals surface area contributed by atoms with E-state index in [4.69, 9.17) is 14.2 Å². The van der Waals surface area contributed by atoms with Gasteiger partial charge in [-0.25, -0.2) is 0 Å². The zero-order valence-corrected chi connectivity index (χ0v) is 12.7. The normalized spacial score (nSPS) is 9.41. The van der Waals surface area contributed by atoms with Crippen molar-refractivity contribution < 1.29 is 19.0 Å². The Hall–Kier alpha value is -2.93. The Bertz CT molecular complexity index is 724. The smallest absolute Gasteiger partial charge is 0.204 e. The number of carbonyl (C=O) groups is 1. The summed E-state index contributed by atoms with van der Waals surface area (Å²) in [4.78, 5) is 11.4. The van der Waals surface area contributed by atoms with Gasteiger partial charge >= 0.3 is 0 Å². The van der Waals surface area contributed by atoms with Crippen molar-refractivity contribution in [2.24, 2.45) is 0 Å². The first kappa shape index (κ1) is 15.5. The van der Waals surface area contributed by atoms with Crippen molar-refractivity contribution in [3.05, 3.63) is 53.1 Å². The highest BCUT2D eigenvalue weighted by Crippen LogP contribution is 2.41. The molecule has 0 radical (unpaired) electrons. The molecule has 4 nitrogen and oxygen atoms in total. The van der Waals surface area contributed by atoms with Crippen LogP contribution in [0.4, 0.5) is 0 Å². The lowest BCUT2D eigenvalue weighted by molar-refractivity contribution is 0.112. The molecule has 0 fully saturated rings. The largest absolute Gasteiger partial charge is 0.493 e. The molecule has 0 amide bonds. The third-order valence-electron chi connectivity index (χ3n) is 3.09. The Morgan fingerprint density at radius 2 is 1.59 bits per heavy atom. The van der Waals surface area contributed by atoms with Crippen molar-refractivity contribution >= 4 is 6.29 Å². The summed E-state index contributed by atoms with van der Waals surface area (Å²) < 4.78 is 15.9. The van der Waals surface area contributed by atoms with Crippen LogP contribution in [0.3, 0.4) is 0 Å². The van der Waals surface area contributed by atoms with E-state index in [0.717, 1.165) is 11.8 Å². The Morgan fingerprint density at radius 1 is 0.909 bits per heavy atom. The molecule has 22 heavy (non-hydrogen) atoms. The number of benzene rings is 2. The summed E-state index contributed by atoms with van der Waals surface area (Å²) in [6.45, 7) is 0. The minimum Gasteiger partial charge on any atom is -0.493 e. The van der Waals surface area contributed by atoms with Gasteiger partial charge < -0.3 is 14.2 Å². The van der Waals surface area contributed by atoms with Crippen LogP contribution >= 0.6 is 0 Å². The van der Waals surface area contributed by atoms with Gasteiger partial charge in [0.15, 0.2) is 17.8 Å². The van der Waals surface area contributed by atoms with Crippen LogP contribution in [-0.4, -0.2) is 27.6 Å². The van der Waals surface area contributed by atoms with Crippen molar-refractivity contribution in [1.29, 1.82) is 0 Å². The number of carbonyl (C=O) groups excluding carboxylic acids is 1. The first-order valence-electron chi connectivity index (χ1n) is 6.60. The first-order chi connectivity index (χ1) is 10.7. The van der Waals surface area contributed by atoms with E-state index in [1.54, 1.807) is 6.07 Å². The maximum Gasteiger partial charge on any atom is 0.204 e. The summed E-state index contributed by atoms with van der Waals surface area (Å²) in [5.41, 5.74) is 1.70. The minimum absolute atomic E-state index is 0.382. The van der Waals surface area contributed by atoms with Gasteiger partial charge in [0, 0.05) is 11.1 Å². The monoisotopic (exact) mass is 296 g/mol. The van der Waals surface area contributed by atoms with Crippen molar-refractivity contribution in [1.82, 2.24) is 0 Å². The van der Waals surface area contributed by atoms with E-state index in [-0.39, 0.29) is 0 Å². The molecule has 0 saturated carbocycles. The molecule has 0 heterocycles. The van der Waals surface area contributed by atoms with E-state index >= 15 is 0 Å². The standard InChI is InChI=1S/C18H16O4/c1-20-16-11-14(12-19)15(17(21-2)18(16)22-3)10-9-13-7-5-4-6-8-13/h4-8,11-12H,1-3H3. The molecule has 0 N–H and O–H groups in total. The molecular weight excluding hydrogens is 280 g/mol. The highest BCUT2D eigenvalue weighted by Gasteiger charge is 2.19. The van der Waals surface area contributed by atoms with E-state index in [9.17, 15) is 4.79 Å². The second kappa shape index (κ2) is 7.19. The quantitative estimate of drug-likeness (QED) is 0.643. The van der Waals surface area contributed by atoms with Gasteiger partial charge in [-0.3, -0.25) is 4.79 Å². The molecule has 0 aliphatic carbocycles. The second-order valence-corrected chi connectivity index (χ2v) is 4.34. The van der Waals surface area contributed by atoms with Gasteiger partial charge in [0.2, 0.25) is 5.75 Å². The van der Waals surface area contributed by atoms with E-state index in [0.29, 0.717) is 28.4 Å². The fraction of sp³-hybridized carbons (Fsp3) is 0.167. The fourth-order valence-electron chi connectivity index (χ4n) is 2.05. The van der Waals surface area contributed by atoms with Crippen LogP contribution in [0.1, 0.15) is 21.5 Å². The lowest BCUT2D eigenvalue weighted by Crippen LogP contribution is -2.01. The van der Waals surface area contributed by atoms with Crippen LogP contribution in [0, 0.1) is 11.8 Å². The Labute approximate surface area is 129 Å². The van der Waals surface area contributed by atoms with Crippen LogP contribution in [0.2, 0.25) is 0 Å². The molecule has 0 unspecified atom stereocenters. The van der Waals surface area contributed by atoms with Gasteiger partial charge in [-0.05, 0) is 18.2 Å². The van der Waals surface area contributed by atoms with Gasteiger partial charge in [0.05, 0.1) is 26.9 Å². The van der Waals surface area contributed by atoms with Crippen molar-refractivity contribution in [2.75, 3.05) is 21.3 Å². The summed E-state index contributed by atoms with van der Waals surface area (Å²) in [7, 11) is 4.51. The maximum atomic E-state index is 11.4. The Balaban J connectivity index is 2.64. The Kier molecular flexibility index (Phi) is 5.05. The van der Waals surface area contributed by atoms with Crippen LogP contribution in [0.25, 0.3) is 0 Å². The van der Waals surface area contributed by atoms with Crippen molar-refractivity contribution in [2.45, 2.75) is 0 Å². The third-order valence-corrected chi connectivity index (χ3v) is 3.09. The van der Waals surface area contributed by atoms with Gasteiger partial charge in [-0.2, -0.15) is 0 Å². The number of aldehydes is 1. The van der Waals surface area contributed by atoms with E-state index in [1.165, 1.54) is 21.3 Å². The van der Waals surface area contributed by atoms with Gasteiger partial charge in [-0.15, -0.1) is 0 Å². The molecule has 0 aliphatic rings. The number of rotatable bonds is 4. The van der Waals surface area contributed by atoms with Gasteiger partial charge in [-0.1, -0.05) is 30.0 Å². The molecule has 0 bridgehead atoms. The summed E-state index contributed by atoms with van der Waals surface area (Å²) in [6, 6.07) is 11.1. The van der Waals surface area contributed by atoms with Crippen LogP contribution in [0.5, 0.6) is 17.2 Å². The molecule has 112 valence electrons. The summed E-state index contributed by atoms with van der Waals surface area (Å²) >= 11 is 0. The number of hydrogen-bond donors (Lipinski definition) is 0. The fourth-order valence-corrected chi connectivity index (χ4v) is 2.05. The molecular formula is C18H16O4. The predicted octanol–water partition coefficient (Wildman–Crippen LogP) is 2.92. The second-order valence-electron chi connectivity index (χ2n) is 4.34. The molecule has 0 aliphatic heterocycles. The average Bonchev–Trinajstić information content (AvgIpc) is 2.59. The predicted molar refractivity (Wildman–Crippen MR) is 83.9 cm³/mol. The third kappa shape index (κ3) is 3.04. The highest BCUT2D eigenvalue weighted by molar-refractivity contribution is 5.84. The maximum absolute atomic E-state index is 11.4. The highest BCUT2D eigenvalue weighted by atomic mass is 16.5. The Morgan fingerprint density at radius 3 is 2.14 bits per heavy atom. The SMILES string of the molecule is COc1cc(C=O)c(C#Cc2ccccc2)c(OC)c1OC. The zero-order chi connectivity index (χ0) is 15.9. The van der Waals surface area contributed by atoms with E-state index in [2.05, 4.69) is 11.8 Å². The van der Waals surface area contributed by atoms with Crippen LogP contribution in [-0.2, 0) is 0 Å². The summed E-state index contributed by atoms with van der Waals surface area (Å²) in [5, 5.41) is 0. The topological polar surface area (TPSA) is 44.8 Å². The number of ether oxygens (including phenoxy) is 3. The summed E-state index contributed by atoms with van der Waals surface area (Å²) in [6.07, 6.45) is 0.722. The molecule has 2 rings (SSSR count). The number of hydrogen-bond acceptors (Lipinski definition) is 4. The zero-order valence-electron chi connectivity index (χ0n) is 12.7. The lowest BCUT2D eigenvalue weighted by Gasteiger charge is -2.14. The molecule has 0 aromatic heterocycles. The van der Waals surface area contributed by atoms with Crippen LogP contribution < -0.4 is 14.2 Å². The molecule has 0 spiro atoms. The molecule has 0 saturated heterocycles. The molecule has 2 aromatic rings. The number of methoxy groups -OCH3 is 3. The van der Waals surface area contributed by atoms with Crippen molar-refractivity contribution in [3.8, 4) is 29.1 Å². The lowest BCUT2D eigenvalue weighted by atomic mass is 10.1. The molecule has 4 heteroatoms. The van der Waals surface area contributed by atoms with Gasteiger partial charge in [0.1, 0.15) is 0 Å². The average molecular weight is 296 g/mol.